The largest absolute Gasteiger partial charge is 0.489 e. The van der Waals surface area contributed by atoms with Gasteiger partial charge in [-0.05, 0) is 54.0 Å². The highest BCUT2D eigenvalue weighted by Gasteiger charge is 2.12. The van der Waals surface area contributed by atoms with Crippen molar-refractivity contribution in [3.63, 3.8) is 0 Å². The molecule has 94 valence electrons. The van der Waals surface area contributed by atoms with Crippen LogP contribution in [-0.4, -0.2) is 31.1 Å². The lowest BCUT2D eigenvalue weighted by Gasteiger charge is -2.16. The molecule has 0 radical (unpaired) electrons. The van der Waals surface area contributed by atoms with E-state index in [1.807, 2.05) is 0 Å². The fraction of sp³-hybridized carbons (Fsp3) is 0.500. The van der Waals surface area contributed by atoms with E-state index in [-0.39, 0.29) is 0 Å². The SMILES string of the molecule is Nc1cc(Cl)cc(Br)c1OCCN1CCCC1. The summed E-state index contributed by atoms with van der Waals surface area (Å²) in [5, 5.41) is 0.612. The van der Waals surface area contributed by atoms with E-state index in [0.717, 1.165) is 11.0 Å². The zero-order valence-electron chi connectivity index (χ0n) is 9.59. The van der Waals surface area contributed by atoms with E-state index < -0.39 is 0 Å². The number of likely N-dealkylation sites (tertiary alicyclic amines) is 1. The third-order valence-electron chi connectivity index (χ3n) is 2.89. The highest BCUT2D eigenvalue weighted by atomic mass is 79.9. The molecule has 0 saturated carbocycles. The summed E-state index contributed by atoms with van der Waals surface area (Å²) >= 11 is 9.29. The van der Waals surface area contributed by atoms with E-state index in [4.69, 9.17) is 22.1 Å². The molecule has 0 atom stereocenters. The number of nitrogens with two attached hydrogens (primary N) is 1. The van der Waals surface area contributed by atoms with Crippen molar-refractivity contribution < 1.29 is 4.74 Å². The van der Waals surface area contributed by atoms with E-state index in [1.54, 1.807) is 12.1 Å². The molecule has 1 aromatic carbocycles. The van der Waals surface area contributed by atoms with Crippen molar-refractivity contribution in [3.8, 4) is 5.75 Å². The van der Waals surface area contributed by atoms with Crippen LogP contribution in [0.15, 0.2) is 16.6 Å². The monoisotopic (exact) mass is 318 g/mol. The maximum Gasteiger partial charge on any atom is 0.156 e. The van der Waals surface area contributed by atoms with Crippen molar-refractivity contribution in [3.05, 3.63) is 21.6 Å². The number of nitrogen functional groups attached to an aromatic ring is 1. The quantitative estimate of drug-likeness (QED) is 0.866. The number of nitrogens with zero attached hydrogens (tertiary/aromatic N) is 1. The van der Waals surface area contributed by atoms with Crippen molar-refractivity contribution in [2.75, 3.05) is 32.0 Å². The third kappa shape index (κ3) is 3.50. The minimum atomic E-state index is 0.575. The van der Waals surface area contributed by atoms with E-state index in [0.29, 0.717) is 23.1 Å². The van der Waals surface area contributed by atoms with Gasteiger partial charge in [-0.1, -0.05) is 11.6 Å². The van der Waals surface area contributed by atoms with Crippen molar-refractivity contribution in [1.82, 2.24) is 4.90 Å². The first-order chi connectivity index (χ1) is 8.16. The van der Waals surface area contributed by atoms with E-state index in [2.05, 4.69) is 20.8 Å². The molecule has 1 aliphatic rings. The Morgan fingerprint density at radius 3 is 2.71 bits per heavy atom. The summed E-state index contributed by atoms with van der Waals surface area (Å²) in [6, 6.07) is 3.50. The summed E-state index contributed by atoms with van der Waals surface area (Å²) in [6.45, 7) is 3.97. The fourth-order valence-electron chi connectivity index (χ4n) is 2.02. The number of ether oxygens (including phenoxy) is 1. The number of benzene rings is 1. The molecule has 1 heterocycles. The Labute approximate surface area is 115 Å². The van der Waals surface area contributed by atoms with Gasteiger partial charge in [0.15, 0.2) is 5.75 Å². The van der Waals surface area contributed by atoms with Gasteiger partial charge >= 0.3 is 0 Å². The van der Waals surface area contributed by atoms with Gasteiger partial charge in [0.05, 0.1) is 10.2 Å². The summed E-state index contributed by atoms with van der Waals surface area (Å²) in [7, 11) is 0. The van der Waals surface area contributed by atoms with Crippen LogP contribution in [0, 0.1) is 0 Å². The zero-order valence-corrected chi connectivity index (χ0v) is 11.9. The zero-order chi connectivity index (χ0) is 12.3. The maximum absolute atomic E-state index is 5.89. The van der Waals surface area contributed by atoms with Gasteiger partial charge in [0.2, 0.25) is 0 Å². The van der Waals surface area contributed by atoms with Gasteiger partial charge in [-0.3, -0.25) is 4.90 Å². The lowest BCUT2D eigenvalue weighted by molar-refractivity contribution is 0.237. The maximum atomic E-state index is 5.89. The van der Waals surface area contributed by atoms with Crippen LogP contribution in [0.1, 0.15) is 12.8 Å². The van der Waals surface area contributed by atoms with Crippen LogP contribution in [0.25, 0.3) is 0 Å². The average Bonchev–Trinajstić information content (AvgIpc) is 2.74. The molecule has 5 heteroatoms. The molecule has 0 bridgehead atoms. The smallest absolute Gasteiger partial charge is 0.156 e. The summed E-state index contributed by atoms with van der Waals surface area (Å²) in [5.41, 5.74) is 6.44. The minimum absolute atomic E-state index is 0.575. The molecule has 0 aromatic heterocycles. The highest BCUT2D eigenvalue weighted by Crippen LogP contribution is 2.34. The molecule has 0 unspecified atom stereocenters. The first kappa shape index (κ1) is 13.0. The van der Waals surface area contributed by atoms with Crippen molar-refractivity contribution in [2.24, 2.45) is 0 Å². The van der Waals surface area contributed by atoms with Crippen LogP contribution in [0.3, 0.4) is 0 Å². The molecule has 1 fully saturated rings. The molecular weight excluding hydrogens is 304 g/mol. The van der Waals surface area contributed by atoms with Gasteiger partial charge in [-0.25, -0.2) is 0 Å². The standard InChI is InChI=1S/C12H16BrClN2O/c13-10-7-9(14)8-11(15)12(10)17-6-5-16-3-1-2-4-16/h7-8H,1-6,15H2. The first-order valence-corrected chi connectivity index (χ1v) is 6.93. The second-order valence-electron chi connectivity index (χ2n) is 4.20. The molecule has 0 spiro atoms. The third-order valence-corrected chi connectivity index (χ3v) is 3.70. The predicted molar refractivity (Wildman–Crippen MR) is 74.7 cm³/mol. The van der Waals surface area contributed by atoms with E-state index >= 15 is 0 Å². The van der Waals surface area contributed by atoms with Crippen LogP contribution in [-0.2, 0) is 0 Å². The Morgan fingerprint density at radius 2 is 2.06 bits per heavy atom. The van der Waals surface area contributed by atoms with Gasteiger partial charge in [-0.15, -0.1) is 0 Å². The van der Waals surface area contributed by atoms with Crippen LogP contribution in [0.5, 0.6) is 5.75 Å². The number of hydrogen-bond donors (Lipinski definition) is 1. The Hall–Kier alpha value is -0.450. The normalized spacial score (nSPS) is 16.4. The lowest BCUT2D eigenvalue weighted by atomic mass is 10.3. The Balaban J connectivity index is 1.89. The number of halogens is 2. The lowest BCUT2D eigenvalue weighted by Crippen LogP contribution is -2.25. The van der Waals surface area contributed by atoms with Crippen LogP contribution in [0.4, 0.5) is 5.69 Å². The van der Waals surface area contributed by atoms with Crippen molar-refractivity contribution in [2.45, 2.75) is 12.8 Å². The molecule has 0 amide bonds. The fourth-order valence-corrected chi connectivity index (χ4v) is 2.96. The molecule has 2 N–H and O–H groups in total. The Morgan fingerprint density at radius 1 is 1.35 bits per heavy atom. The molecule has 1 aromatic rings. The number of hydrogen-bond acceptors (Lipinski definition) is 3. The molecule has 2 rings (SSSR count). The molecule has 17 heavy (non-hydrogen) atoms. The topological polar surface area (TPSA) is 38.5 Å². The number of anilines is 1. The first-order valence-electron chi connectivity index (χ1n) is 5.76. The van der Waals surface area contributed by atoms with E-state index in [1.165, 1.54) is 25.9 Å². The van der Waals surface area contributed by atoms with Crippen molar-refractivity contribution >= 4 is 33.2 Å². The Kier molecular flexibility index (Phi) is 4.54. The van der Waals surface area contributed by atoms with Gasteiger partial charge in [-0.2, -0.15) is 0 Å². The van der Waals surface area contributed by atoms with E-state index in [9.17, 15) is 0 Å². The van der Waals surface area contributed by atoms with Gasteiger partial charge < -0.3 is 10.5 Å². The second kappa shape index (κ2) is 5.94. The summed E-state index contributed by atoms with van der Waals surface area (Å²) in [5.74, 6) is 0.689. The average molecular weight is 320 g/mol. The molecule has 1 aliphatic heterocycles. The number of rotatable bonds is 4. The Bertz CT molecular complexity index is 371. The van der Waals surface area contributed by atoms with Crippen molar-refractivity contribution in [1.29, 1.82) is 0 Å². The molecule has 0 aliphatic carbocycles. The molecule has 3 nitrogen and oxygen atoms in total. The summed E-state index contributed by atoms with van der Waals surface area (Å²) in [6.07, 6.45) is 2.60. The van der Waals surface area contributed by atoms with Gasteiger partial charge in [0.1, 0.15) is 6.61 Å². The second-order valence-corrected chi connectivity index (χ2v) is 5.49. The predicted octanol–water partition coefficient (Wildman–Crippen LogP) is 3.16. The summed E-state index contributed by atoms with van der Waals surface area (Å²) in [4.78, 5) is 2.40. The van der Waals surface area contributed by atoms with Crippen LogP contribution < -0.4 is 10.5 Å². The highest BCUT2D eigenvalue weighted by molar-refractivity contribution is 9.10. The van der Waals surface area contributed by atoms with Gasteiger partial charge in [0, 0.05) is 11.6 Å². The van der Waals surface area contributed by atoms with Crippen LogP contribution >= 0.6 is 27.5 Å². The summed E-state index contributed by atoms with van der Waals surface area (Å²) < 4.78 is 6.52. The molecule has 1 saturated heterocycles. The minimum Gasteiger partial charge on any atom is -0.489 e. The van der Waals surface area contributed by atoms with Crippen LogP contribution in [0.2, 0.25) is 5.02 Å². The molecular formula is C12H16BrClN2O. The van der Waals surface area contributed by atoms with Gasteiger partial charge in [0.25, 0.3) is 0 Å².